The molecule has 27 heavy (non-hydrogen) atoms. The number of nitrogens with zero attached hydrogens (tertiary/aromatic N) is 2. The first-order valence-corrected chi connectivity index (χ1v) is 9.05. The highest BCUT2D eigenvalue weighted by Crippen LogP contribution is 2.36. The molecule has 2 aromatic carbocycles. The molecule has 144 valence electrons. The molecule has 0 radical (unpaired) electrons. The number of rotatable bonds is 5. The number of nitrogens with two attached hydrogens (primary N) is 1. The van der Waals surface area contributed by atoms with Crippen molar-refractivity contribution in [1.82, 2.24) is 4.90 Å². The van der Waals surface area contributed by atoms with Crippen LogP contribution in [-0.2, 0) is 11.2 Å². The summed E-state index contributed by atoms with van der Waals surface area (Å²) in [6.07, 6.45) is 1.51. The molecule has 1 fully saturated rings. The Morgan fingerprint density at radius 1 is 1.19 bits per heavy atom. The fraction of sp³-hybridized carbons (Fsp3) is 0.333. The maximum absolute atomic E-state index is 12.2. The Balaban J connectivity index is 0.00000261. The minimum atomic E-state index is 0. The zero-order valence-corrected chi connectivity index (χ0v) is 18.1. The second-order valence-electron chi connectivity index (χ2n) is 6.73. The third-order valence-electron chi connectivity index (χ3n) is 4.97. The van der Waals surface area contributed by atoms with Crippen LogP contribution in [0.3, 0.4) is 0 Å². The molecule has 6 heteroatoms. The third kappa shape index (κ3) is 5.22. The summed E-state index contributed by atoms with van der Waals surface area (Å²) in [5.41, 5.74) is 9.39. The fourth-order valence-electron chi connectivity index (χ4n) is 3.49. The van der Waals surface area contributed by atoms with Crippen LogP contribution in [-0.4, -0.2) is 30.4 Å². The van der Waals surface area contributed by atoms with Gasteiger partial charge >= 0.3 is 0 Å². The molecular weight excluding hydrogens is 451 g/mol. The third-order valence-corrected chi connectivity index (χ3v) is 4.97. The summed E-state index contributed by atoms with van der Waals surface area (Å²) in [4.78, 5) is 18.5. The van der Waals surface area contributed by atoms with Gasteiger partial charge in [-0.2, -0.15) is 0 Å². The van der Waals surface area contributed by atoms with E-state index in [1.165, 1.54) is 5.56 Å². The van der Waals surface area contributed by atoms with E-state index in [2.05, 4.69) is 41.5 Å². The van der Waals surface area contributed by atoms with Crippen molar-refractivity contribution >= 4 is 41.5 Å². The van der Waals surface area contributed by atoms with E-state index in [0.29, 0.717) is 18.9 Å². The molecule has 3 rings (SSSR count). The normalized spacial score (nSPS) is 19.7. The molecule has 1 heterocycles. The molecule has 2 atom stereocenters. The molecule has 1 saturated heterocycles. The van der Waals surface area contributed by atoms with Gasteiger partial charge in [0.05, 0.1) is 6.04 Å². The van der Waals surface area contributed by atoms with Gasteiger partial charge in [-0.3, -0.25) is 9.79 Å². The monoisotopic (exact) mass is 478 g/mol. The van der Waals surface area contributed by atoms with Crippen LogP contribution < -0.4 is 11.1 Å². The number of hydrogen-bond acceptors (Lipinski definition) is 2. The van der Waals surface area contributed by atoms with E-state index in [-0.39, 0.29) is 41.8 Å². The predicted molar refractivity (Wildman–Crippen MR) is 121 cm³/mol. The lowest BCUT2D eigenvalue weighted by molar-refractivity contribution is -0.127. The van der Waals surface area contributed by atoms with Crippen molar-refractivity contribution in [1.29, 1.82) is 0 Å². The van der Waals surface area contributed by atoms with Gasteiger partial charge in [0.25, 0.3) is 0 Å². The van der Waals surface area contributed by atoms with Crippen molar-refractivity contribution in [2.75, 3.05) is 18.9 Å². The highest BCUT2D eigenvalue weighted by molar-refractivity contribution is 14.0. The summed E-state index contributed by atoms with van der Waals surface area (Å²) < 4.78 is 0. The molecule has 3 N–H and O–H groups in total. The second kappa shape index (κ2) is 9.73. The number of anilines is 1. The SMILES string of the molecule is CCc1ccc(NC(N)=NCC2CC(=O)N(C)C2c2ccccc2)cc1.I. The van der Waals surface area contributed by atoms with Crippen LogP contribution in [0.1, 0.15) is 30.5 Å². The van der Waals surface area contributed by atoms with Crippen LogP contribution in [0.5, 0.6) is 0 Å². The maximum atomic E-state index is 12.2. The van der Waals surface area contributed by atoms with E-state index in [9.17, 15) is 4.79 Å². The van der Waals surface area contributed by atoms with Crippen LogP contribution in [0.4, 0.5) is 5.69 Å². The van der Waals surface area contributed by atoms with Gasteiger partial charge in [-0.15, -0.1) is 24.0 Å². The Kier molecular flexibility index (Phi) is 7.65. The Bertz CT molecular complexity index is 777. The van der Waals surface area contributed by atoms with Gasteiger partial charge in [0.2, 0.25) is 5.91 Å². The Morgan fingerprint density at radius 3 is 2.48 bits per heavy atom. The maximum Gasteiger partial charge on any atom is 0.223 e. The lowest BCUT2D eigenvalue weighted by Gasteiger charge is -2.24. The first kappa shape index (κ1) is 21.2. The molecule has 5 nitrogen and oxygen atoms in total. The van der Waals surface area contributed by atoms with Gasteiger partial charge in [0, 0.05) is 31.6 Å². The van der Waals surface area contributed by atoms with Gasteiger partial charge in [-0.05, 0) is 29.7 Å². The molecule has 1 aliphatic rings. The quantitative estimate of drug-likeness (QED) is 0.390. The van der Waals surface area contributed by atoms with Crippen LogP contribution in [0.2, 0.25) is 0 Å². The minimum absolute atomic E-state index is 0. The van der Waals surface area contributed by atoms with E-state index >= 15 is 0 Å². The second-order valence-corrected chi connectivity index (χ2v) is 6.73. The first-order valence-electron chi connectivity index (χ1n) is 9.05. The highest BCUT2D eigenvalue weighted by atomic mass is 127. The summed E-state index contributed by atoms with van der Waals surface area (Å²) in [5.74, 6) is 0.654. The number of benzene rings is 2. The molecule has 1 aliphatic heterocycles. The molecule has 0 saturated carbocycles. The van der Waals surface area contributed by atoms with E-state index in [4.69, 9.17) is 5.73 Å². The number of likely N-dealkylation sites (tertiary alicyclic amines) is 1. The molecule has 0 bridgehead atoms. The largest absolute Gasteiger partial charge is 0.370 e. The molecular formula is C21H27IN4O. The van der Waals surface area contributed by atoms with Crippen molar-refractivity contribution in [2.45, 2.75) is 25.8 Å². The van der Waals surface area contributed by atoms with Gasteiger partial charge in [0.1, 0.15) is 0 Å². The van der Waals surface area contributed by atoms with Crippen molar-refractivity contribution in [2.24, 2.45) is 16.6 Å². The zero-order valence-electron chi connectivity index (χ0n) is 15.8. The van der Waals surface area contributed by atoms with E-state index < -0.39 is 0 Å². The van der Waals surface area contributed by atoms with Crippen molar-refractivity contribution in [3.8, 4) is 0 Å². The molecule has 0 aliphatic carbocycles. The van der Waals surface area contributed by atoms with Crippen LogP contribution in [0, 0.1) is 5.92 Å². The highest BCUT2D eigenvalue weighted by Gasteiger charge is 2.38. The van der Waals surface area contributed by atoms with Gasteiger partial charge < -0.3 is 16.0 Å². The molecule has 0 spiro atoms. The molecule has 2 unspecified atom stereocenters. The van der Waals surface area contributed by atoms with Gasteiger partial charge in [-0.1, -0.05) is 49.4 Å². The molecule has 1 amide bonds. The number of aryl methyl sites for hydroxylation is 1. The minimum Gasteiger partial charge on any atom is -0.370 e. The topological polar surface area (TPSA) is 70.7 Å². The number of carbonyl (C=O) groups excluding carboxylic acids is 1. The number of halogens is 1. The van der Waals surface area contributed by atoms with Crippen molar-refractivity contribution in [3.05, 3.63) is 65.7 Å². The fourth-order valence-corrected chi connectivity index (χ4v) is 3.49. The summed E-state index contributed by atoms with van der Waals surface area (Å²) >= 11 is 0. The summed E-state index contributed by atoms with van der Waals surface area (Å²) in [5, 5.41) is 3.12. The van der Waals surface area contributed by atoms with Crippen molar-refractivity contribution < 1.29 is 4.79 Å². The molecule has 2 aromatic rings. The predicted octanol–water partition coefficient (Wildman–Crippen LogP) is 3.81. The van der Waals surface area contributed by atoms with E-state index in [1.54, 1.807) is 0 Å². The lowest BCUT2D eigenvalue weighted by Crippen LogP contribution is -2.27. The Morgan fingerprint density at radius 2 is 1.85 bits per heavy atom. The van der Waals surface area contributed by atoms with E-state index in [1.807, 2.05) is 42.3 Å². The van der Waals surface area contributed by atoms with Crippen LogP contribution in [0.15, 0.2) is 59.6 Å². The average molecular weight is 478 g/mol. The smallest absolute Gasteiger partial charge is 0.223 e. The summed E-state index contributed by atoms with van der Waals surface area (Å²) in [6, 6.07) is 18.3. The lowest BCUT2D eigenvalue weighted by atomic mass is 9.94. The number of guanidine groups is 1. The Hall–Kier alpha value is -2.09. The van der Waals surface area contributed by atoms with E-state index in [0.717, 1.165) is 17.7 Å². The average Bonchev–Trinajstić information content (AvgIpc) is 2.95. The van der Waals surface area contributed by atoms with Gasteiger partial charge in [-0.25, -0.2) is 0 Å². The van der Waals surface area contributed by atoms with Crippen LogP contribution >= 0.6 is 24.0 Å². The number of aliphatic imine (C=N–C) groups is 1. The summed E-state index contributed by atoms with van der Waals surface area (Å²) in [7, 11) is 1.86. The summed E-state index contributed by atoms with van der Waals surface area (Å²) in [6.45, 7) is 2.64. The number of carbonyl (C=O) groups is 1. The standard InChI is InChI=1S/C21H26N4O.HI/c1-3-15-9-11-18(12-10-15)24-21(22)23-14-17-13-19(26)25(2)20(17)16-7-5-4-6-8-16;/h4-12,17,20H,3,13-14H2,1-2H3,(H3,22,23,24);1H. The number of amides is 1. The number of hydrogen-bond donors (Lipinski definition) is 2. The van der Waals surface area contributed by atoms with Crippen LogP contribution in [0.25, 0.3) is 0 Å². The number of nitrogens with one attached hydrogen (secondary N) is 1. The Labute approximate surface area is 178 Å². The van der Waals surface area contributed by atoms with Gasteiger partial charge in [0.15, 0.2) is 5.96 Å². The molecule has 0 aromatic heterocycles. The zero-order chi connectivity index (χ0) is 18.5. The first-order chi connectivity index (χ1) is 12.6. The van der Waals surface area contributed by atoms with Crippen molar-refractivity contribution in [3.63, 3.8) is 0 Å².